The molecule has 3 rings (SSSR count). The van der Waals surface area contributed by atoms with E-state index in [-0.39, 0.29) is 30.2 Å². The minimum absolute atomic E-state index is 0.101. The number of nitro groups is 1. The van der Waals surface area contributed by atoms with Gasteiger partial charge in [-0.25, -0.2) is 4.79 Å². The summed E-state index contributed by atoms with van der Waals surface area (Å²) in [6.07, 6.45) is 0. The van der Waals surface area contributed by atoms with Crippen molar-refractivity contribution in [2.45, 2.75) is 31.0 Å². The van der Waals surface area contributed by atoms with Crippen molar-refractivity contribution in [2.75, 3.05) is 24.7 Å². The van der Waals surface area contributed by atoms with Crippen LogP contribution in [-0.2, 0) is 19.1 Å². The van der Waals surface area contributed by atoms with Crippen LogP contribution < -0.4 is 5.73 Å². The molecule has 13 heteroatoms. The molecule has 1 aliphatic heterocycles. The number of thioether (sulfide) groups is 1. The van der Waals surface area contributed by atoms with Crippen LogP contribution >= 0.6 is 23.1 Å². The van der Waals surface area contributed by atoms with Gasteiger partial charge in [0.1, 0.15) is 5.92 Å². The van der Waals surface area contributed by atoms with E-state index in [9.17, 15) is 19.7 Å². The molecule has 0 bridgehead atoms. The molecule has 11 nitrogen and oxygen atoms in total. The molecule has 180 valence electrons. The van der Waals surface area contributed by atoms with Gasteiger partial charge in [-0.05, 0) is 26.3 Å². The van der Waals surface area contributed by atoms with Gasteiger partial charge in [0.15, 0.2) is 4.34 Å². The lowest BCUT2D eigenvalue weighted by atomic mass is 9.75. The Morgan fingerprint density at radius 2 is 1.97 bits per heavy atom. The zero-order valence-electron chi connectivity index (χ0n) is 18.7. The SMILES string of the molecule is CCOC(=O)C1=C(CSc2nnc(N)s2)N=C(C)C(C(=O)OCC)C1c1cccc([N+](=O)[O-])c1. The Kier molecular flexibility index (Phi) is 8.34. The first-order valence-corrected chi connectivity index (χ1v) is 12.1. The molecule has 1 aromatic heterocycles. The highest BCUT2D eigenvalue weighted by molar-refractivity contribution is 8.01. The molecule has 0 saturated heterocycles. The number of nitrogens with zero attached hydrogens (tertiary/aromatic N) is 4. The van der Waals surface area contributed by atoms with Crippen molar-refractivity contribution < 1.29 is 24.0 Å². The number of non-ortho nitro benzene ring substituents is 1. The number of ether oxygens (including phenoxy) is 2. The van der Waals surface area contributed by atoms with Crippen LogP contribution in [0, 0.1) is 16.0 Å². The molecule has 1 aromatic carbocycles. The van der Waals surface area contributed by atoms with E-state index >= 15 is 0 Å². The number of nitrogens with two attached hydrogens (primary N) is 1. The van der Waals surface area contributed by atoms with E-state index in [1.807, 2.05) is 0 Å². The summed E-state index contributed by atoms with van der Waals surface area (Å²) in [6.45, 7) is 5.24. The van der Waals surface area contributed by atoms with Crippen molar-refractivity contribution in [1.29, 1.82) is 0 Å². The molecule has 2 aromatic rings. The zero-order chi connectivity index (χ0) is 24.8. The smallest absolute Gasteiger partial charge is 0.336 e. The average molecular weight is 506 g/mol. The molecule has 2 atom stereocenters. The van der Waals surface area contributed by atoms with E-state index < -0.39 is 28.7 Å². The summed E-state index contributed by atoms with van der Waals surface area (Å²) in [6, 6.07) is 5.85. The molecule has 2 N–H and O–H groups in total. The number of rotatable bonds is 9. The Morgan fingerprint density at radius 3 is 2.59 bits per heavy atom. The van der Waals surface area contributed by atoms with E-state index in [1.54, 1.807) is 26.8 Å². The number of hydrogen-bond acceptors (Lipinski definition) is 12. The Morgan fingerprint density at radius 1 is 1.24 bits per heavy atom. The van der Waals surface area contributed by atoms with Gasteiger partial charge in [-0.15, -0.1) is 10.2 Å². The number of nitro benzene ring substituents is 1. The van der Waals surface area contributed by atoms with Crippen molar-refractivity contribution in [3.8, 4) is 0 Å². The third-order valence-corrected chi connectivity index (χ3v) is 6.84. The Labute approximate surface area is 203 Å². The summed E-state index contributed by atoms with van der Waals surface area (Å²) in [4.78, 5) is 41.6. The maximum absolute atomic E-state index is 13.2. The van der Waals surface area contributed by atoms with Gasteiger partial charge < -0.3 is 15.2 Å². The third kappa shape index (κ3) is 5.59. The van der Waals surface area contributed by atoms with Crippen LogP contribution in [0.2, 0.25) is 0 Å². The maximum Gasteiger partial charge on any atom is 0.336 e. The molecule has 1 aliphatic rings. The summed E-state index contributed by atoms with van der Waals surface area (Å²) < 4.78 is 11.2. The van der Waals surface area contributed by atoms with E-state index in [2.05, 4.69) is 15.2 Å². The van der Waals surface area contributed by atoms with E-state index in [0.29, 0.717) is 26.4 Å². The van der Waals surface area contributed by atoms with E-state index in [0.717, 1.165) is 0 Å². The molecule has 34 heavy (non-hydrogen) atoms. The van der Waals surface area contributed by atoms with Crippen molar-refractivity contribution in [1.82, 2.24) is 10.2 Å². The first-order valence-electron chi connectivity index (χ1n) is 10.3. The van der Waals surface area contributed by atoms with Crippen molar-refractivity contribution in [3.05, 3.63) is 51.2 Å². The minimum atomic E-state index is -0.952. The predicted molar refractivity (Wildman–Crippen MR) is 128 cm³/mol. The summed E-state index contributed by atoms with van der Waals surface area (Å²) in [5, 5.41) is 19.5. The summed E-state index contributed by atoms with van der Waals surface area (Å²) >= 11 is 2.48. The van der Waals surface area contributed by atoms with Gasteiger partial charge in [0.25, 0.3) is 5.69 Å². The summed E-state index contributed by atoms with van der Waals surface area (Å²) in [5.74, 6) is -2.85. The van der Waals surface area contributed by atoms with Crippen LogP contribution in [0.15, 0.2) is 44.9 Å². The number of nitrogen functional groups attached to an aromatic ring is 1. The number of carbonyl (C=O) groups excluding carboxylic acids is 2. The number of carbonyl (C=O) groups is 2. The van der Waals surface area contributed by atoms with Gasteiger partial charge in [0.05, 0.1) is 29.4 Å². The lowest BCUT2D eigenvalue weighted by molar-refractivity contribution is -0.384. The number of benzene rings is 1. The van der Waals surface area contributed by atoms with Crippen LogP contribution in [0.1, 0.15) is 32.3 Å². The van der Waals surface area contributed by atoms with Crippen molar-refractivity contribution >= 4 is 51.6 Å². The van der Waals surface area contributed by atoms with Gasteiger partial charge in [-0.2, -0.15) is 0 Å². The molecule has 0 fully saturated rings. The fourth-order valence-electron chi connectivity index (χ4n) is 3.63. The van der Waals surface area contributed by atoms with E-state index in [4.69, 9.17) is 15.2 Å². The standard InChI is InChI=1S/C21H23N5O6S2/c1-4-31-18(27)15-11(3)23-14(10-33-21-25-24-20(22)34-21)17(19(28)32-5-2)16(15)12-7-6-8-13(9-12)26(29)30/h6-9,15-16H,4-5,10H2,1-3H3,(H2,22,24). The summed E-state index contributed by atoms with van der Waals surface area (Å²) in [5.41, 5.74) is 6.86. The Hall–Kier alpha value is -3.32. The largest absolute Gasteiger partial charge is 0.465 e. The average Bonchev–Trinajstić information content (AvgIpc) is 3.22. The highest BCUT2D eigenvalue weighted by Crippen LogP contribution is 2.42. The Balaban J connectivity index is 2.16. The fourth-order valence-corrected chi connectivity index (χ4v) is 5.22. The molecular weight excluding hydrogens is 482 g/mol. The maximum atomic E-state index is 13.2. The number of aliphatic imine (C=N–C) groups is 1. The normalized spacial score (nSPS) is 17.8. The highest BCUT2D eigenvalue weighted by Gasteiger charge is 2.43. The minimum Gasteiger partial charge on any atom is -0.465 e. The molecule has 0 spiro atoms. The molecule has 0 radical (unpaired) electrons. The monoisotopic (exact) mass is 505 g/mol. The second-order valence-electron chi connectivity index (χ2n) is 7.09. The zero-order valence-corrected chi connectivity index (χ0v) is 20.4. The lowest BCUT2D eigenvalue weighted by Gasteiger charge is -2.32. The second-order valence-corrected chi connectivity index (χ2v) is 9.32. The second kappa shape index (κ2) is 11.2. The quantitative estimate of drug-likeness (QED) is 0.231. The van der Waals surface area contributed by atoms with Crippen molar-refractivity contribution in [3.63, 3.8) is 0 Å². The summed E-state index contributed by atoms with van der Waals surface area (Å²) in [7, 11) is 0. The topological polar surface area (TPSA) is 160 Å². The number of hydrogen-bond donors (Lipinski definition) is 1. The third-order valence-electron chi connectivity index (χ3n) is 4.95. The molecular formula is C21H23N5O6S2. The molecule has 2 unspecified atom stereocenters. The number of esters is 2. The number of anilines is 1. The van der Waals surface area contributed by atoms with Crippen LogP contribution in [0.5, 0.6) is 0 Å². The van der Waals surface area contributed by atoms with Gasteiger partial charge in [-0.3, -0.25) is 19.9 Å². The highest BCUT2D eigenvalue weighted by atomic mass is 32.2. The molecule has 0 amide bonds. The van der Waals surface area contributed by atoms with Gasteiger partial charge >= 0.3 is 11.9 Å². The number of aromatic nitrogens is 2. The first kappa shape index (κ1) is 25.3. The molecule has 2 heterocycles. The van der Waals surface area contributed by atoms with Gasteiger partial charge in [0.2, 0.25) is 5.13 Å². The molecule has 0 saturated carbocycles. The Bertz CT molecular complexity index is 1160. The van der Waals surface area contributed by atoms with Crippen LogP contribution in [-0.4, -0.2) is 51.7 Å². The van der Waals surface area contributed by atoms with Gasteiger partial charge in [-0.1, -0.05) is 35.2 Å². The van der Waals surface area contributed by atoms with E-state index in [1.165, 1.54) is 41.3 Å². The molecule has 0 aliphatic carbocycles. The predicted octanol–water partition coefficient (Wildman–Crippen LogP) is 3.38. The van der Waals surface area contributed by atoms with Crippen LogP contribution in [0.25, 0.3) is 0 Å². The van der Waals surface area contributed by atoms with Crippen LogP contribution in [0.4, 0.5) is 10.8 Å². The van der Waals surface area contributed by atoms with Crippen molar-refractivity contribution in [2.24, 2.45) is 10.9 Å². The lowest BCUT2D eigenvalue weighted by Crippen LogP contribution is -2.37. The van der Waals surface area contributed by atoms with Crippen LogP contribution in [0.3, 0.4) is 0 Å². The van der Waals surface area contributed by atoms with Gasteiger partial charge in [0, 0.05) is 29.5 Å². The first-order chi connectivity index (χ1) is 16.3. The fraction of sp³-hybridized carbons (Fsp3) is 0.381.